The third kappa shape index (κ3) is 3.45. The van der Waals surface area contributed by atoms with Gasteiger partial charge < -0.3 is 10.1 Å². The van der Waals surface area contributed by atoms with Crippen molar-refractivity contribution in [2.75, 3.05) is 11.9 Å². The first-order valence-corrected chi connectivity index (χ1v) is 7.51. The standard InChI is InChI=1S/C18H18FNO2/c19-14-7-4-8-15(11-14)20-18(21)12-22-17-10-3-6-13-5-1-2-9-16(13)17/h3-4,6-8,10-11H,1-2,5,9,12H2,(H,20,21). The van der Waals surface area contributed by atoms with Crippen LogP contribution in [0.3, 0.4) is 0 Å². The maximum atomic E-state index is 13.1. The molecule has 4 heteroatoms. The fraction of sp³-hybridized carbons (Fsp3) is 0.278. The number of halogens is 1. The van der Waals surface area contributed by atoms with E-state index in [9.17, 15) is 9.18 Å². The van der Waals surface area contributed by atoms with Gasteiger partial charge in [0.2, 0.25) is 0 Å². The van der Waals surface area contributed by atoms with Gasteiger partial charge in [-0.05, 0) is 61.1 Å². The molecule has 1 aliphatic rings. The van der Waals surface area contributed by atoms with E-state index in [1.165, 1.54) is 29.7 Å². The molecule has 1 amide bonds. The molecule has 0 aromatic heterocycles. The topological polar surface area (TPSA) is 38.3 Å². The van der Waals surface area contributed by atoms with Crippen LogP contribution in [0.2, 0.25) is 0 Å². The first-order chi connectivity index (χ1) is 10.7. The molecule has 22 heavy (non-hydrogen) atoms. The van der Waals surface area contributed by atoms with Crippen molar-refractivity contribution >= 4 is 11.6 Å². The van der Waals surface area contributed by atoms with Crippen molar-refractivity contribution in [1.82, 2.24) is 0 Å². The summed E-state index contributed by atoms with van der Waals surface area (Å²) in [5.41, 5.74) is 2.96. The summed E-state index contributed by atoms with van der Waals surface area (Å²) in [6, 6.07) is 11.8. The number of anilines is 1. The summed E-state index contributed by atoms with van der Waals surface area (Å²) in [6.07, 6.45) is 4.43. The van der Waals surface area contributed by atoms with Crippen LogP contribution in [0.5, 0.6) is 5.75 Å². The number of nitrogens with one attached hydrogen (secondary N) is 1. The molecule has 2 aromatic rings. The van der Waals surface area contributed by atoms with E-state index in [4.69, 9.17) is 4.74 Å². The summed E-state index contributed by atoms with van der Waals surface area (Å²) in [4.78, 5) is 11.9. The number of ether oxygens (including phenoxy) is 1. The summed E-state index contributed by atoms with van der Waals surface area (Å²) < 4.78 is 18.7. The number of amides is 1. The third-order valence-electron chi connectivity index (χ3n) is 3.82. The zero-order chi connectivity index (χ0) is 15.4. The molecule has 0 aliphatic heterocycles. The number of hydrogen-bond acceptors (Lipinski definition) is 2. The second kappa shape index (κ2) is 6.60. The van der Waals surface area contributed by atoms with Gasteiger partial charge in [-0.25, -0.2) is 4.39 Å². The average molecular weight is 299 g/mol. The van der Waals surface area contributed by atoms with Crippen LogP contribution in [-0.2, 0) is 17.6 Å². The van der Waals surface area contributed by atoms with Crippen LogP contribution in [0.15, 0.2) is 42.5 Å². The Kier molecular flexibility index (Phi) is 4.37. The van der Waals surface area contributed by atoms with Gasteiger partial charge in [-0.1, -0.05) is 18.2 Å². The van der Waals surface area contributed by atoms with Crippen molar-refractivity contribution in [1.29, 1.82) is 0 Å². The minimum Gasteiger partial charge on any atom is -0.483 e. The molecule has 0 bridgehead atoms. The van der Waals surface area contributed by atoms with Crippen molar-refractivity contribution in [2.45, 2.75) is 25.7 Å². The van der Waals surface area contributed by atoms with Gasteiger partial charge in [0.15, 0.2) is 6.61 Å². The Morgan fingerprint density at radius 2 is 1.95 bits per heavy atom. The van der Waals surface area contributed by atoms with E-state index in [1.54, 1.807) is 12.1 Å². The molecular weight excluding hydrogens is 281 g/mol. The van der Waals surface area contributed by atoms with E-state index in [0.29, 0.717) is 5.69 Å². The molecule has 0 saturated heterocycles. The van der Waals surface area contributed by atoms with Crippen LogP contribution in [0, 0.1) is 5.82 Å². The highest BCUT2D eigenvalue weighted by atomic mass is 19.1. The maximum Gasteiger partial charge on any atom is 0.262 e. The number of benzene rings is 2. The Labute approximate surface area is 129 Å². The van der Waals surface area contributed by atoms with Gasteiger partial charge in [0, 0.05) is 5.69 Å². The number of aryl methyl sites for hydroxylation is 1. The zero-order valence-electron chi connectivity index (χ0n) is 12.3. The summed E-state index contributed by atoms with van der Waals surface area (Å²) >= 11 is 0. The SMILES string of the molecule is O=C(COc1cccc2c1CCCC2)Nc1cccc(F)c1. The van der Waals surface area contributed by atoms with Gasteiger partial charge in [-0.2, -0.15) is 0 Å². The van der Waals surface area contributed by atoms with E-state index in [-0.39, 0.29) is 18.3 Å². The van der Waals surface area contributed by atoms with Crippen molar-refractivity contribution in [3.05, 3.63) is 59.4 Å². The van der Waals surface area contributed by atoms with Crippen molar-refractivity contribution in [3.8, 4) is 5.75 Å². The van der Waals surface area contributed by atoms with Gasteiger partial charge in [-0.3, -0.25) is 4.79 Å². The van der Waals surface area contributed by atoms with Crippen molar-refractivity contribution in [3.63, 3.8) is 0 Å². The lowest BCUT2D eigenvalue weighted by Gasteiger charge is -2.19. The molecule has 1 N–H and O–H groups in total. The number of hydrogen-bond donors (Lipinski definition) is 1. The molecule has 0 fully saturated rings. The molecule has 114 valence electrons. The van der Waals surface area contributed by atoms with Gasteiger partial charge in [0.05, 0.1) is 0 Å². The highest BCUT2D eigenvalue weighted by molar-refractivity contribution is 5.91. The second-order valence-corrected chi connectivity index (χ2v) is 5.45. The lowest BCUT2D eigenvalue weighted by molar-refractivity contribution is -0.118. The van der Waals surface area contributed by atoms with Crippen LogP contribution in [0.1, 0.15) is 24.0 Å². The minimum absolute atomic E-state index is 0.0764. The highest BCUT2D eigenvalue weighted by Crippen LogP contribution is 2.29. The van der Waals surface area contributed by atoms with Crippen LogP contribution < -0.4 is 10.1 Å². The fourth-order valence-corrected chi connectivity index (χ4v) is 2.79. The van der Waals surface area contributed by atoms with Crippen molar-refractivity contribution < 1.29 is 13.9 Å². The van der Waals surface area contributed by atoms with E-state index in [2.05, 4.69) is 11.4 Å². The molecule has 3 nitrogen and oxygen atoms in total. The van der Waals surface area contributed by atoms with Crippen LogP contribution >= 0.6 is 0 Å². The normalized spacial score (nSPS) is 13.3. The number of carbonyl (C=O) groups is 1. The highest BCUT2D eigenvalue weighted by Gasteiger charge is 2.14. The molecule has 2 aromatic carbocycles. The zero-order valence-corrected chi connectivity index (χ0v) is 12.3. The van der Waals surface area contributed by atoms with Gasteiger partial charge >= 0.3 is 0 Å². The van der Waals surface area contributed by atoms with Gasteiger partial charge in [0.1, 0.15) is 11.6 Å². The smallest absolute Gasteiger partial charge is 0.262 e. The molecule has 0 saturated carbocycles. The summed E-state index contributed by atoms with van der Waals surface area (Å²) in [7, 11) is 0. The Hall–Kier alpha value is -2.36. The van der Waals surface area contributed by atoms with E-state index in [0.717, 1.165) is 25.0 Å². The third-order valence-corrected chi connectivity index (χ3v) is 3.82. The van der Waals surface area contributed by atoms with Crippen LogP contribution in [0.25, 0.3) is 0 Å². The maximum absolute atomic E-state index is 13.1. The average Bonchev–Trinajstić information content (AvgIpc) is 2.53. The Morgan fingerprint density at radius 3 is 2.82 bits per heavy atom. The van der Waals surface area contributed by atoms with Gasteiger partial charge in [0.25, 0.3) is 5.91 Å². The molecule has 0 spiro atoms. The molecule has 0 heterocycles. The van der Waals surface area contributed by atoms with E-state index in [1.807, 2.05) is 12.1 Å². The molecular formula is C18H18FNO2. The van der Waals surface area contributed by atoms with E-state index < -0.39 is 0 Å². The Bertz CT molecular complexity index is 685. The number of fused-ring (bicyclic) bond motifs is 1. The number of rotatable bonds is 4. The molecule has 3 rings (SSSR count). The van der Waals surface area contributed by atoms with Crippen LogP contribution in [-0.4, -0.2) is 12.5 Å². The monoisotopic (exact) mass is 299 g/mol. The largest absolute Gasteiger partial charge is 0.483 e. The first kappa shape index (κ1) is 14.6. The van der Waals surface area contributed by atoms with E-state index >= 15 is 0 Å². The lowest BCUT2D eigenvalue weighted by atomic mass is 9.91. The molecule has 0 atom stereocenters. The summed E-state index contributed by atoms with van der Waals surface area (Å²) in [6.45, 7) is -0.0764. The first-order valence-electron chi connectivity index (χ1n) is 7.51. The quantitative estimate of drug-likeness (QED) is 0.934. The molecule has 0 unspecified atom stereocenters. The minimum atomic E-state index is -0.379. The fourth-order valence-electron chi connectivity index (χ4n) is 2.79. The Balaban J connectivity index is 1.62. The second-order valence-electron chi connectivity index (χ2n) is 5.45. The predicted octanol–water partition coefficient (Wildman–Crippen LogP) is 3.72. The lowest BCUT2D eigenvalue weighted by Crippen LogP contribution is -2.21. The molecule has 1 aliphatic carbocycles. The van der Waals surface area contributed by atoms with Crippen LogP contribution in [0.4, 0.5) is 10.1 Å². The van der Waals surface area contributed by atoms with Gasteiger partial charge in [-0.15, -0.1) is 0 Å². The number of carbonyl (C=O) groups excluding carboxylic acids is 1. The Morgan fingerprint density at radius 1 is 1.14 bits per heavy atom. The summed E-state index contributed by atoms with van der Waals surface area (Å²) in [5, 5.41) is 2.63. The summed E-state index contributed by atoms with van der Waals surface area (Å²) in [5.74, 6) is 0.112. The molecule has 0 radical (unpaired) electrons. The predicted molar refractivity (Wildman–Crippen MR) is 83.6 cm³/mol. The van der Waals surface area contributed by atoms with Crippen molar-refractivity contribution in [2.24, 2.45) is 0 Å².